The Hall–Kier alpha value is -1.29. The topological polar surface area (TPSA) is 46.2 Å². The van der Waals surface area contributed by atoms with Crippen molar-refractivity contribution in [2.45, 2.75) is 0 Å². The van der Waals surface area contributed by atoms with E-state index in [0.29, 0.717) is 15.8 Å². The third-order valence-electron chi connectivity index (χ3n) is 1.63. The first kappa shape index (κ1) is 7.36. The summed E-state index contributed by atoms with van der Waals surface area (Å²) in [5.74, 6) is -0.295. The van der Waals surface area contributed by atoms with E-state index in [4.69, 9.17) is 5.73 Å². The van der Waals surface area contributed by atoms with Gasteiger partial charge in [-0.15, -0.1) is 11.3 Å². The standard InChI is InChI=1S/C8H6FNOS/c9-6-2-4(10)1-5-7(11)3-12-8(5)6/h1-3,11H,10H2. The van der Waals surface area contributed by atoms with Crippen molar-refractivity contribution >= 4 is 27.1 Å². The summed E-state index contributed by atoms with van der Waals surface area (Å²) in [6, 6.07) is 2.81. The van der Waals surface area contributed by atoms with Gasteiger partial charge in [0.1, 0.15) is 11.6 Å². The quantitative estimate of drug-likeness (QED) is 0.616. The first-order chi connectivity index (χ1) is 5.68. The van der Waals surface area contributed by atoms with Crippen molar-refractivity contribution in [3.63, 3.8) is 0 Å². The molecule has 0 radical (unpaired) electrons. The molecule has 2 rings (SSSR count). The molecule has 0 bridgehead atoms. The maximum atomic E-state index is 13.1. The molecule has 3 N–H and O–H groups in total. The van der Waals surface area contributed by atoms with Crippen LogP contribution in [-0.4, -0.2) is 5.11 Å². The van der Waals surface area contributed by atoms with Gasteiger partial charge in [0.25, 0.3) is 0 Å². The number of benzene rings is 1. The lowest BCUT2D eigenvalue weighted by Crippen LogP contribution is -1.85. The van der Waals surface area contributed by atoms with E-state index in [1.807, 2.05) is 0 Å². The third-order valence-corrected chi connectivity index (χ3v) is 2.62. The minimum absolute atomic E-state index is 0.0844. The van der Waals surface area contributed by atoms with Gasteiger partial charge in [0.05, 0.1) is 4.70 Å². The van der Waals surface area contributed by atoms with Crippen LogP contribution in [-0.2, 0) is 0 Å². The molecule has 0 atom stereocenters. The number of anilines is 1. The fraction of sp³-hybridized carbons (Fsp3) is 0. The van der Waals surface area contributed by atoms with Gasteiger partial charge in [-0.1, -0.05) is 0 Å². The van der Waals surface area contributed by atoms with Gasteiger partial charge >= 0.3 is 0 Å². The Labute approximate surface area is 72.1 Å². The predicted octanol–water partition coefficient (Wildman–Crippen LogP) is 2.33. The summed E-state index contributed by atoms with van der Waals surface area (Å²) in [7, 11) is 0. The van der Waals surface area contributed by atoms with E-state index in [0.717, 1.165) is 0 Å². The van der Waals surface area contributed by atoms with Crippen LogP contribution >= 0.6 is 11.3 Å². The van der Waals surface area contributed by atoms with Crippen molar-refractivity contribution in [3.05, 3.63) is 23.3 Å². The molecule has 4 heteroatoms. The molecule has 1 heterocycles. The summed E-state index contributed by atoms with van der Waals surface area (Å²) in [6.07, 6.45) is 0. The van der Waals surface area contributed by atoms with E-state index in [2.05, 4.69) is 0 Å². The molecule has 0 saturated carbocycles. The predicted molar refractivity (Wildman–Crippen MR) is 47.9 cm³/mol. The number of nitrogen functional groups attached to an aromatic ring is 1. The van der Waals surface area contributed by atoms with E-state index in [9.17, 15) is 9.50 Å². The monoisotopic (exact) mass is 183 g/mol. The molecule has 2 nitrogen and oxygen atoms in total. The molecule has 0 saturated heterocycles. The molecule has 0 aliphatic carbocycles. The van der Waals surface area contributed by atoms with Crippen molar-refractivity contribution in [1.29, 1.82) is 0 Å². The summed E-state index contributed by atoms with van der Waals surface area (Å²) in [6.45, 7) is 0. The minimum Gasteiger partial charge on any atom is -0.506 e. The van der Waals surface area contributed by atoms with E-state index >= 15 is 0 Å². The first-order valence-corrected chi connectivity index (χ1v) is 4.21. The van der Waals surface area contributed by atoms with Crippen LogP contribution in [0.25, 0.3) is 10.1 Å². The number of hydrogen-bond donors (Lipinski definition) is 2. The molecule has 2 aromatic rings. The van der Waals surface area contributed by atoms with Gasteiger partial charge in [-0.2, -0.15) is 0 Å². The average Bonchev–Trinajstić information content (AvgIpc) is 2.33. The van der Waals surface area contributed by atoms with E-state index in [-0.39, 0.29) is 11.6 Å². The second-order valence-corrected chi connectivity index (χ2v) is 3.38. The van der Waals surface area contributed by atoms with E-state index in [1.54, 1.807) is 6.07 Å². The molecule has 12 heavy (non-hydrogen) atoms. The highest BCUT2D eigenvalue weighted by atomic mass is 32.1. The van der Waals surface area contributed by atoms with E-state index < -0.39 is 0 Å². The van der Waals surface area contributed by atoms with Crippen molar-refractivity contribution in [2.24, 2.45) is 0 Å². The van der Waals surface area contributed by atoms with Gasteiger partial charge in [0.15, 0.2) is 0 Å². The third kappa shape index (κ3) is 0.921. The van der Waals surface area contributed by atoms with Crippen LogP contribution in [0.3, 0.4) is 0 Å². The average molecular weight is 183 g/mol. The highest BCUT2D eigenvalue weighted by molar-refractivity contribution is 7.17. The van der Waals surface area contributed by atoms with Crippen LogP contribution in [0.15, 0.2) is 17.5 Å². The summed E-state index contributed by atoms with van der Waals surface area (Å²) in [5, 5.41) is 11.2. The lowest BCUT2D eigenvalue weighted by Gasteiger charge is -1.95. The Kier molecular flexibility index (Phi) is 1.44. The number of nitrogens with two attached hydrogens (primary N) is 1. The molecule has 0 fully saturated rings. The lowest BCUT2D eigenvalue weighted by atomic mass is 10.2. The maximum Gasteiger partial charge on any atom is 0.143 e. The molecule has 62 valence electrons. The largest absolute Gasteiger partial charge is 0.506 e. The van der Waals surface area contributed by atoms with Gasteiger partial charge in [-0.25, -0.2) is 4.39 Å². The van der Waals surface area contributed by atoms with Crippen molar-refractivity contribution in [3.8, 4) is 5.75 Å². The summed E-state index contributed by atoms with van der Waals surface area (Å²) < 4.78 is 13.5. The van der Waals surface area contributed by atoms with Gasteiger partial charge < -0.3 is 10.8 Å². The zero-order valence-corrected chi connectivity index (χ0v) is 6.86. The Balaban J connectivity index is 2.92. The van der Waals surface area contributed by atoms with Crippen molar-refractivity contribution < 1.29 is 9.50 Å². The Bertz CT molecular complexity index is 438. The molecule has 0 aliphatic rings. The molecule has 1 aromatic heterocycles. The Morgan fingerprint density at radius 2 is 2.17 bits per heavy atom. The van der Waals surface area contributed by atoms with Crippen LogP contribution in [0, 0.1) is 5.82 Å². The van der Waals surface area contributed by atoms with Crippen LogP contribution in [0.4, 0.5) is 10.1 Å². The first-order valence-electron chi connectivity index (χ1n) is 3.33. The smallest absolute Gasteiger partial charge is 0.143 e. The number of hydrogen-bond acceptors (Lipinski definition) is 3. The fourth-order valence-corrected chi connectivity index (χ4v) is 1.92. The van der Waals surface area contributed by atoms with Crippen LogP contribution in [0.5, 0.6) is 5.75 Å². The highest BCUT2D eigenvalue weighted by Crippen LogP contribution is 2.34. The van der Waals surface area contributed by atoms with Crippen LogP contribution < -0.4 is 5.73 Å². The number of fused-ring (bicyclic) bond motifs is 1. The second-order valence-electron chi connectivity index (χ2n) is 2.50. The van der Waals surface area contributed by atoms with Gasteiger partial charge in [-0.05, 0) is 12.1 Å². The molecule has 0 spiro atoms. The minimum atomic E-state index is -0.379. The molecule has 0 aliphatic heterocycles. The van der Waals surface area contributed by atoms with Crippen LogP contribution in [0.2, 0.25) is 0 Å². The summed E-state index contributed by atoms with van der Waals surface area (Å²) in [5.41, 5.74) is 5.73. The number of aromatic hydroxyl groups is 1. The molecular weight excluding hydrogens is 177 g/mol. The van der Waals surface area contributed by atoms with Crippen molar-refractivity contribution in [1.82, 2.24) is 0 Å². The van der Waals surface area contributed by atoms with Gasteiger partial charge in [-0.3, -0.25) is 0 Å². The number of halogens is 1. The lowest BCUT2D eigenvalue weighted by molar-refractivity contribution is 0.483. The molecular formula is C8H6FNOS. The molecule has 0 amide bonds. The summed E-state index contributed by atoms with van der Waals surface area (Å²) in [4.78, 5) is 0. The summed E-state index contributed by atoms with van der Waals surface area (Å²) >= 11 is 1.17. The Morgan fingerprint density at radius 1 is 1.42 bits per heavy atom. The SMILES string of the molecule is Nc1cc(F)c2scc(O)c2c1. The number of thiophene rings is 1. The number of rotatable bonds is 0. The van der Waals surface area contributed by atoms with E-state index in [1.165, 1.54) is 22.8 Å². The zero-order valence-electron chi connectivity index (χ0n) is 6.04. The maximum absolute atomic E-state index is 13.1. The van der Waals surface area contributed by atoms with Crippen molar-refractivity contribution in [2.75, 3.05) is 5.73 Å². The zero-order chi connectivity index (χ0) is 8.72. The van der Waals surface area contributed by atoms with Crippen LogP contribution in [0.1, 0.15) is 0 Å². The van der Waals surface area contributed by atoms with Gasteiger partial charge in [0, 0.05) is 16.5 Å². The normalized spacial score (nSPS) is 10.8. The molecule has 0 unspecified atom stereocenters. The highest BCUT2D eigenvalue weighted by Gasteiger charge is 2.07. The molecule has 1 aromatic carbocycles. The fourth-order valence-electron chi connectivity index (χ4n) is 1.10. The van der Waals surface area contributed by atoms with Gasteiger partial charge in [0.2, 0.25) is 0 Å². The second kappa shape index (κ2) is 2.35. The Morgan fingerprint density at radius 3 is 2.92 bits per heavy atom.